The van der Waals surface area contributed by atoms with Crippen LogP contribution < -0.4 is 4.57 Å². The van der Waals surface area contributed by atoms with Crippen LogP contribution in [-0.4, -0.2) is 4.57 Å². The predicted molar refractivity (Wildman–Crippen MR) is 188 cm³/mol. The van der Waals surface area contributed by atoms with Gasteiger partial charge in [-0.2, -0.15) is 0 Å². The van der Waals surface area contributed by atoms with Gasteiger partial charge in [-0.05, 0) is 94.4 Å². The molecule has 2 nitrogen and oxygen atoms in total. The number of nitrogens with zero attached hydrogens (tertiary/aromatic N) is 2. The predicted octanol–water partition coefficient (Wildman–Crippen LogP) is 10.6. The largest absolute Gasteiger partial charge is 0.309 e. The van der Waals surface area contributed by atoms with Gasteiger partial charge in [0, 0.05) is 34.2 Å². The smallest absolute Gasteiger partial charge is 0.212 e. The first-order valence-electron chi connectivity index (χ1n) is 15.5. The van der Waals surface area contributed by atoms with E-state index in [0.29, 0.717) is 0 Å². The Labute approximate surface area is 264 Å². The molecular weight excluding hydrogens is 544 g/mol. The van der Waals surface area contributed by atoms with Gasteiger partial charge >= 0.3 is 0 Å². The highest BCUT2D eigenvalue weighted by Gasteiger charge is 2.16. The van der Waals surface area contributed by atoms with Crippen molar-refractivity contribution in [2.75, 3.05) is 0 Å². The maximum absolute atomic E-state index is 2.41. The summed E-state index contributed by atoms with van der Waals surface area (Å²) < 4.78 is 4.59. The van der Waals surface area contributed by atoms with Crippen molar-refractivity contribution in [3.8, 4) is 50.3 Å². The monoisotopic (exact) mass is 577 g/mol. The van der Waals surface area contributed by atoms with Gasteiger partial charge in [0.1, 0.15) is 7.05 Å². The van der Waals surface area contributed by atoms with Gasteiger partial charge in [-0.25, -0.2) is 4.57 Å². The van der Waals surface area contributed by atoms with Crippen molar-refractivity contribution >= 4 is 21.8 Å². The van der Waals surface area contributed by atoms with Gasteiger partial charge in [-0.1, -0.05) is 97.1 Å². The van der Waals surface area contributed by atoms with Gasteiger partial charge in [-0.15, -0.1) is 0 Å². The summed E-state index contributed by atoms with van der Waals surface area (Å²) in [6.45, 7) is 2.18. The van der Waals surface area contributed by atoms with Crippen LogP contribution in [0.15, 0.2) is 164 Å². The normalized spacial score (nSPS) is 11.3. The molecule has 45 heavy (non-hydrogen) atoms. The van der Waals surface area contributed by atoms with Crippen molar-refractivity contribution in [1.29, 1.82) is 0 Å². The third kappa shape index (κ3) is 4.81. The Kier molecular flexibility index (Phi) is 6.61. The minimum atomic E-state index is 1.15. The fourth-order valence-corrected chi connectivity index (χ4v) is 6.61. The van der Waals surface area contributed by atoms with E-state index in [9.17, 15) is 0 Å². The number of pyridine rings is 1. The fraction of sp³-hybridized carbons (Fsp3) is 0.0465. The second kappa shape index (κ2) is 11.1. The summed E-state index contributed by atoms with van der Waals surface area (Å²) in [6.07, 6.45) is 2.10. The maximum Gasteiger partial charge on any atom is 0.212 e. The standard InChI is InChI=1S/C43H33N2/c1-30-16-17-34(27-38(30)41-15-9-10-26-44(41)2)33-18-22-37(23-19-33)45-42-24-20-35(31-11-5-3-6-12-31)28-39(42)40-29-36(21-25-43(40)45)32-13-7-4-8-14-32/h3-29H,1-2H3/q+1. The molecule has 0 radical (unpaired) electrons. The molecule has 0 fully saturated rings. The van der Waals surface area contributed by atoms with E-state index in [1.807, 2.05) is 0 Å². The summed E-state index contributed by atoms with van der Waals surface area (Å²) in [6, 6.07) is 57.2. The first-order chi connectivity index (χ1) is 22.1. The van der Waals surface area contributed by atoms with Crippen molar-refractivity contribution in [3.63, 3.8) is 0 Å². The Morgan fingerprint density at radius 2 is 0.933 bits per heavy atom. The van der Waals surface area contributed by atoms with Crippen molar-refractivity contribution in [1.82, 2.24) is 4.57 Å². The number of benzene rings is 6. The molecular formula is C43H33N2+. The molecule has 214 valence electrons. The average Bonchev–Trinajstić information content (AvgIpc) is 3.43. The van der Waals surface area contributed by atoms with Crippen LogP contribution in [-0.2, 0) is 7.05 Å². The van der Waals surface area contributed by atoms with Crippen LogP contribution in [0.3, 0.4) is 0 Å². The average molecular weight is 578 g/mol. The Morgan fingerprint density at radius 3 is 1.51 bits per heavy atom. The molecule has 2 aromatic heterocycles. The minimum Gasteiger partial charge on any atom is -0.309 e. The van der Waals surface area contributed by atoms with Crippen molar-refractivity contribution in [2.24, 2.45) is 7.05 Å². The molecule has 0 N–H and O–H groups in total. The van der Waals surface area contributed by atoms with Gasteiger partial charge < -0.3 is 4.57 Å². The first kappa shape index (κ1) is 26.9. The highest BCUT2D eigenvalue weighted by atomic mass is 15.0. The molecule has 8 aromatic rings. The number of hydrogen-bond donors (Lipinski definition) is 0. The lowest BCUT2D eigenvalue weighted by Crippen LogP contribution is -2.30. The molecule has 0 bridgehead atoms. The molecule has 0 saturated heterocycles. The van der Waals surface area contributed by atoms with E-state index >= 15 is 0 Å². The lowest BCUT2D eigenvalue weighted by Gasteiger charge is -2.11. The molecule has 0 aliphatic heterocycles. The van der Waals surface area contributed by atoms with Gasteiger partial charge in [0.25, 0.3) is 0 Å². The third-order valence-electron chi connectivity index (χ3n) is 9.01. The second-order valence-corrected chi connectivity index (χ2v) is 11.8. The quantitative estimate of drug-likeness (QED) is 0.180. The van der Waals surface area contributed by atoms with E-state index in [-0.39, 0.29) is 0 Å². The van der Waals surface area contributed by atoms with E-state index in [4.69, 9.17) is 0 Å². The van der Waals surface area contributed by atoms with Gasteiger partial charge in [-0.3, -0.25) is 0 Å². The minimum absolute atomic E-state index is 1.15. The molecule has 0 unspecified atom stereocenters. The molecule has 0 spiro atoms. The van der Waals surface area contributed by atoms with Crippen LogP contribution in [0.2, 0.25) is 0 Å². The number of rotatable bonds is 5. The highest BCUT2D eigenvalue weighted by Crippen LogP contribution is 2.38. The zero-order chi connectivity index (χ0) is 30.3. The summed E-state index contributed by atoms with van der Waals surface area (Å²) >= 11 is 0. The van der Waals surface area contributed by atoms with E-state index in [0.717, 1.165) is 5.69 Å². The Hall–Kier alpha value is -5.73. The summed E-state index contributed by atoms with van der Waals surface area (Å²) in [7, 11) is 2.10. The van der Waals surface area contributed by atoms with Crippen molar-refractivity contribution < 1.29 is 4.57 Å². The number of hydrogen-bond acceptors (Lipinski definition) is 0. The summed E-state index contributed by atoms with van der Waals surface area (Å²) in [5.74, 6) is 0. The summed E-state index contributed by atoms with van der Waals surface area (Å²) in [5.41, 5.74) is 14.6. The summed E-state index contributed by atoms with van der Waals surface area (Å²) in [5, 5.41) is 2.51. The van der Waals surface area contributed by atoms with Crippen LogP contribution >= 0.6 is 0 Å². The Morgan fingerprint density at radius 1 is 0.444 bits per heavy atom. The third-order valence-corrected chi connectivity index (χ3v) is 9.01. The van der Waals surface area contributed by atoms with Crippen LogP contribution in [0.1, 0.15) is 5.56 Å². The van der Waals surface area contributed by atoms with E-state index in [2.05, 4.69) is 187 Å². The Balaban J connectivity index is 1.26. The zero-order valence-electron chi connectivity index (χ0n) is 25.5. The molecule has 0 aliphatic rings. The molecule has 0 aliphatic carbocycles. The number of aromatic nitrogens is 2. The zero-order valence-corrected chi connectivity index (χ0v) is 25.5. The van der Waals surface area contributed by atoms with Crippen LogP contribution in [0.5, 0.6) is 0 Å². The molecule has 0 saturated carbocycles. The Bertz CT molecular complexity index is 2220. The van der Waals surface area contributed by atoms with Gasteiger partial charge in [0.15, 0.2) is 6.20 Å². The second-order valence-electron chi connectivity index (χ2n) is 11.8. The summed E-state index contributed by atoms with van der Waals surface area (Å²) in [4.78, 5) is 0. The topological polar surface area (TPSA) is 8.81 Å². The van der Waals surface area contributed by atoms with E-state index in [1.165, 1.54) is 72.0 Å². The molecule has 6 aromatic carbocycles. The SMILES string of the molecule is Cc1ccc(-c2ccc(-n3c4ccc(-c5ccccc5)cc4c4cc(-c5ccccc5)ccc43)cc2)cc1-c1cccc[n+]1C. The van der Waals surface area contributed by atoms with Crippen LogP contribution in [0.4, 0.5) is 0 Å². The molecule has 8 rings (SSSR count). The van der Waals surface area contributed by atoms with Crippen molar-refractivity contribution in [2.45, 2.75) is 6.92 Å². The van der Waals surface area contributed by atoms with Gasteiger partial charge in [0.05, 0.1) is 11.0 Å². The molecule has 2 heterocycles. The number of aryl methyl sites for hydroxylation is 2. The fourth-order valence-electron chi connectivity index (χ4n) is 6.61. The maximum atomic E-state index is 2.41. The molecule has 2 heteroatoms. The van der Waals surface area contributed by atoms with Crippen LogP contribution in [0.25, 0.3) is 72.1 Å². The number of fused-ring (bicyclic) bond motifs is 3. The lowest BCUT2D eigenvalue weighted by molar-refractivity contribution is -0.660. The molecule has 0 amide bonds. The highest BCUT2D eigenvalue weighted by molar-refractivity contribution is 6.11. The lowest BCUT2D eigenvalue weighted by atomic mass is 9.97. The van der Waals surface area contributed by atoms with Crippen LogP contribution in [0, 0.1) is 6.92 Å². The van der Waals surface area contributed by atoms with E-state index in [1.54, 1.807) is 0 Å². The van der Waals surface area contributed by atoms with Crippen molar-refractivity contribution in [3.05, 3.63) is 169 Å². The molecule has 0 atom stereocenters. The van der Waals surface area contributed by atoms with Gasteiger partial charge in [0.2, 0.25) is 5.69 Å². The first-order valence-corrected chi connectivity index (χ1v) is 15.5. The van der Waals surface area contributed by atoms with E-state index < -0.39 is 0 Å².